The standard InChI is InChI=1S/C14H21N3O2/c1-19-7-5-16-14(18)10-17-6-4-11-2-3-13(15)8-12(11)9-17/h2-3,8H,4-7,9-10,15H2,1H3,(H,16,18). The fourth-order valence-corrected chi connectivity index (χ4v) is 2.32. The van der Waals surface area contributed by atoms with E-state index in [9.17, 15) is 4.79 Å². The summed E-state index contributed by atoms with van der Waals surface area (Å²) < 4.78 is 4.90. The molecule has 2 rings (SSSR count). The molecule has 0 spiro atoms. The minimum atomic E-state index is 0.0457. The Balaban J connectivity index is 1.86. The number of benzene rings is 1. The number of nitrogens with two attached hydrogens (primary N) is 1. The van der Waals surface area contributed by atoms with E-state index in [1.165, 1.54) is 11.1 Å². The zero-order valence-electron chi connectivity index (χ0n) is 11.3. The summed E-state index contributed by atoms with van der Waals surface area (Å²) in [6.45, 7) is 3.24. The number of nitrogens with one attached hydrogen (secondary N) is 1. The second-order valence-electron chi connectivity index (χ2n) is 4.83. The van der Waals surface area contributed by atoms with Gasteiger partial charge in [-0.3, -0.25) is 9.69 Å². The van der Waals surface area contributed by atoms with Crippen molar-refractivity contribution in [3.63, 3.8) is 0 Å². The van der Waals surface area contributed by atoms with Gasteiger partial charge in [0, 0.05) is 32.4 Å². The highest BCUT2D eigenvalue weighted by Gasteiger charge is 2.18. The molecule has 0 bridgehead atoms. The monoisotopic (exact) mass is 263 g/mol. The molecule has 0 unspecified atom stereocenters. The van der Waals surface area contributed by atoms with Gasteiger partial charge in [-0.15, -0.1) is 0 Å². The Morgan fingerprint density at radius 2 is 2.32 bits per heavy atom. The van der Waals surface area contributed by atoms with Gasteiger partial charge in [-0.05, 0) is 29.7 Å². The van der Waals surface area contributed by atoms with Gasteiger partial charge in [-0.2, -0.15) is 0 Å². The molecule has 0 aliphatic carbocycles. The van der Waals surface area contributed by atoms with Crippen LogP contribution in [0.5, 0.6) is 0 Å². The maximum atomic E-state index is 11.7. The summed E-state index contributed by atoms with van der Waals surface area (Å²) in [5, 5.41) is 2.84. The Hall–Kier alpha value is -1.59. The minimum Gasteiger partial charge on any atom is -0.399 e. The molecular formula is C14H21N3O2. The van der Waals surface area contributed by atoms with Crippen LogP contribution in [0, 0.1) is 0 Å². The number of carbonyl (C=O) groups is 1. The third kappa shape index (κ3) is 3.94. The lowest BCUT2D eigenvalue weighted by molar-refractivity contribution is -0.122. The van der Waals surface area contributed by atoms with Crippen LogP contribution in [0.1, 0.15) is 11.1 Å². The van der Waals surface area contributed by atoms with Crippen LogP contribution < -0.4 is 11.1 Å². The summed E-state index contributed by atoms with van der Waals surface area (Å²) >= 11 is 0. The van der Waals surface area contributed by atoms with Crippen molar-refractivity contribution in [3.05, 3.63) is 29.3 Å². The van der Waals surface area contributed by atoms with E-state index >= 15 is 0 Å². The van der Waals surface area contributed by atoms with E-state index in [1.54, 1.807) is 7.11 Å². The summed E-state index contributed by atoms with van der Waals surface area (Å²) in [6.07, 6.45) is 0.973. The normalized spacial score (nSPS) is 15.0. The molecule has 0 saturated carbocycles. The van der Waals surface area contributed by atoms with E-state index in [4.69, 9.17) is 10.5 Å². The summed E-state index contributed by atoms with van der Waals surface area (Å²) in [4.78, 5) is 13.9. The van der Waals surface area contributed by atoms with Crippen molar-refractivity contribution in [3.8, 4) is 0 Å². The van der Waals surface area contributed by atoms with Crippen LogP contribution >= 0.6 is 0 Å². The number of anilines is 1. The second kappa shape index (κ2) is 6.54. The summed E-state index contributed by atoms with van der Waals surface area (Å²) in [5.74, 6) is 0.0457. The van der Waals surface area contributed by atoms with Crippen molar-refractivity contribution in [2.45, 2.75) is 13.0 Å². The molecule has 0 fully saturated rings. The summed E-state index contributed by atoms with van der Waals surface area (Å²) in [6, 6.07) is 6.02. The molecule has 0 saturated heterocycles. The SMILES string of the molecule is COCCNC(=O)CN1CCc2ccc(N)cc2C1. The van der Waals surface area contributed by atoms with Crippen LogP contribution in [0.3, 0.4) is 0 Å². The number of nitrogen functional groups attached to an aromatic ring is 1. The molecule has 1 amide bonds. The smallest absolute Gasteiger partial charge is 0.234 e. The summed E-state index contributed by atoms with van der Waals surface area (Å²) in [7, 11) is 1.62. The van der Waals surface area contributed by atoms with Gasteiger partial charge in [0.2, 0.25) is 5.91 Å². The number of amides is 1. The number of carbonyl (C=O) groups excluding carboxylic acids is 1. The molecule has 0 aromatic heterocycles. The largest absolute Gasteiger partial charge is 0.399 e. The highest BCUT2D eigenvalue weighted by atomic mass is 16.5. The third-order valence-corrected chi connectivity index (χ3v) is 3.32. The summed E-state index contributed by atoms with van der Waals surface area (Å²) in [5.41, 5.74) is 9.15. The molecule has 1 heterocycles. The van der Waals surface area contributed by atoms with Crippen molar-refractivity contribution in [2.24, 2.45) is 0 Å². The molecule has 19 heavy (non-hydrogen) atoms. The number of ether oxygens (including phenoxy) is 1. The maximum absolute atomic E-state index is 11.7. The molecule has 3 N–H and O–H groups in total. The van der Waals surface area contributed by atoms with Crippen molar-refractivity contribution in [2.75, 3.05) is 39.1 Å². The van der Waals surface area contributed by atoms with E-state index in [1.807, 2.05) is 12.1 Å². The van der Waals surface area contributed by atoms with Gasteiger partial charge in [0.05, 0.1) is 13.2 Å². The van der Waals surface area contributed by atoms with Gasteiger partial charge in [0.15, 0.2) is 0 Å². The molecule has 1 aromatic carbocycles. The lowest BCUT2D eigenvalue weighted by Crippen LogP contribution is -2.40. The number of hydrogen-bond donors (Lipinski definition) is 2. The first-order valence-corrected chi connectivity index (χ1v) is 6.54. The molecule has 5 heteroatoms. The van der Waals surface area contributed by atoms with Crippen molar-refractivity contribution in [1.29, 1.82) is 0 Å². The van der Waals surface area contributed by atoms with Crippen LogP contribution in [0.4, 0.5) is 5.69 Å². The number of nitrogens with zero attached hydrogens (tertiary/aromatic N) is 1. The average molecular weight is 263 g/mol. The van der Waals surface area contributed by atoms with Gasteiger partial charge in [-0.25, -0.2) is 0 Å². The number of hydrogen-bond acceptors (Lipinski definition) is 4. The first-order chi connectivity index (χ1) is 9.19. The lowest BCUT2D eigenvalue weighted by Gasteiger charge is -2.28. The van der Waals surface area contributed by atoms with Crippen LogP contribution in [0.2, 0.25) is 0 Å². The minimum absolute atomic E-state index is 0.0457. The fourth-order valence-electron chi connectivity index (χ4n) is 2.32. The highest BCUT2D eigenvalue weighted by molar-refractivity contribution is 5.78. The Morgan fingerprint density at radius 3 is 3.11 bits per heavy atom. The zero-order chi connectivity index (χ0) is 13.7. The Morgan fingerprint density at radius 1 is 1.47 bits per heavy atom. The Kier molecular flexibility index (Phi) is 4.76. The second-order valence-corrected chi connectivity index (χ2v) is 4.83. The van der Waals surface area contributed by atoms with E-state index < -0.39 is 0 Å². The van der Waals surface area contributed by atoms with Gasteiger partial charge < -0.3 is 15.8 Å². The molecular weight excluding hydrogens is 242 g/mol. The van der Waals surface area contributed by atoms with E-state index in [0.717, 1.165) is 25.2 Å². The van der Waals surface area contributed by atoms with Crippen LogP contribution in [-0.2, 0) is 22.5 Å². The molecule has 1 aliphatic heterocycles. The lowest BCUT2D eigenvalue weighted by atomic mass is 9.99. The first-order valence-electron chi connectivity index (χ1n) is 6.54. The number of fused-ring (bicyclic) bond motifs is 1. The molecule has 1 aliphatic rings. The quantitative estimate of drug-likeness (QED) is 0.596. The molecule has 104 valence electrons. The van der Waals surface area contributed by atoms with Crippen LogP contribution in [-0.4, -0.2) is 44.2 Å². The first kappa shape index (κ1) is 13.8. The molecule has 1 aromatic rings. The van der Waals surface area contributed by atoms with Crippen molar-refractivity contribution >= 4 is 11.6 Å². The predicted molar refractivity (Wildman–Crippen MR) is 74.7 cm³/mol. The van der Waals surface area contributed by atoms with Crippen LogP contribution in [0.25, 0.3) is 0 Å². The molecule has 5 nitrogen and oxygen atoms in total. The Bertz CT molecular complexity index is 448. The maximum Gasteiger partial charge on any atom is 0.234 e. The molecule has 0 atom stereocenters. The van der Waals surface area contributed by atoms with Gasteiger partial charge >= 0.3 is 0 Å². The highest BCUT2D eigenvalue weighted by Crippen LogP contribution is 2.20. The van der Waals surface area contributed by atoms with Crippen LogP contribution in [0.15, 0.2) is 18.2 Å². The topological polar surface area (TPSA) is 67.6 Å². The zero-order valence-corrected chi connectivity index (χ0v) is 11.3. The van der Waals surface area contributed by atoms with Gasteiger partial charge in [0.1, 0.15) is 0 Å². The molecule has 0 radical (unpaired) electrons. The van der Waals surface area contributed by atoms with Crippen molar-refractivity contribution < 1.29 is 9.53 Å². The number of rotatable bonds is 5. The number of methoxy groups -OCH3 is 1. The van der Waals surface area contributed by atoms with E-state index in [2.05, 4.69) is 16.3 Å². The Labute approximate surface area is 113 Å². The third-order valence-electron chi connectivity index (χ3n) is 3.32. The van der Waals surface area contributed by atoms with Gasteiger partial charge in [-0.1, -0.05) is 6.07 Å². The average Bonchev–Trinajstić information content (AvgIpc) is 2.38. The van der Waals surface area contributed by atoms with Crippen molar-refractivity contribution in [1.82, 2.24) is 10.2 Å². The predicted octanol–water partition coefficient (Wildman–Crippen LogP) is 0.390. The fraction of sp³-hybridized carbons (Fsp3) is 0.500. The van der Waals surface area contributed by atoms with E-state index in [0.29, 0.717) is 19.7 Å². The van der Waals surface area contributed by atoms with Gasteiger partial charge in [0.25, 0.3) is 0 Å². The van der Waals surface area contributed by atoms with E-state index in [-0.39, 0.29) is 5.91 Å².